The van der Waals surface area contributed by atoms with E-state index >= 15 is 0 Å². The number of carbonyl (C=O) groups excluding carboxylic acids is 1. The van der Waals surface area contributed by atoms with Crippen LogP contribution in [0.5, 0.6) is 0 Å². The van der Waals surface area contributed by atoms with Gasteiger partial charge in [-0.1, -0.05) is 0 Å². The van der Waals surface area contributed by atoms with Gasteiger partial charge in [0.05, 0.1) is 6.54 Å². The van der Waals surface area contributed by atoms with E-state index in [2.05, 4.69) is 5.32 Å². The molecular formula is C11H22N2O2S. The van der Waals surface area contributed by atoms with Gasteiger partial charge in [-0.25, -0.2) is 0 Å². The Kier molecular flexibility index (Phi) is 5.98. The maximum atomic E-state index is 11.7. The lowest BCUT2D eigenvalue weighted by atomic mass is 10.1. The van der Waals surface area contributed by atoms with Crippen molar-refractivity contribution < 1.29 is 9.00 Å². The SMILES string of the molecule is CCN(CC)C(=O)CNC1CCS(=O)CC1. The van der Waals surface area contributed by atoms with Gasteiger partial charge in [-0.05, 0) is 26.7 Å². The summed E-state index contributed by atoms with van der Waals surface area (Å²) in [6.45, 7) is 5.94. The molecule has 0 aromatic carbocycles. The number of hydrogen-bond donors (Lipinski definition) is 1. The van der Waals surface area contributed by atoms with Crippen LogP contribution in [0.15, 0.2) is 0 Å². The zero-order valence-electron chi connectivity index (χ0n) is 10.2. The predicted octanol–water partition coefficient (Wildman–Crippen LogP) is 0.355. The van der Waals surface area contributed by atoms with Gasteiger partial charge in [0.1, 0.15) is 0 Å². The highest BCUT2D eigenvalue weighted by Gasteiger charge is 2.18. The highest BCUT2D eigenvalue weighted by atomic mass is 32.2. The first kappa shape index (κ1) is 13.6. The van der Waals surface area contributed by atoms with Crippen molar-refractivity contribution >= 4 is 16.7 Å². The van der Waals surface area contributed by atoms with Gasteiger partial charge in [-0.15, -0.1) is 0 Å². The number of likely N-dealkylation sites (N-methyl/N-ethyl adjacent to an activating group) is 1. The van der Waals surface area contributed by atoms with Gasteiger partial charge < -0.3 is 10.2 Å². The van der Waals surface area contributed by atoms with Crippen LogP contribution in [-0.4, -0.2) is 52.2 Å². The smallest absolute Gasteiger partial charge is 0.236 e. The topological polar surface area (TPSA) is 49.4 Å². The summed E-state index contributed by atoms with van der Waals surface area (Å²) in [6, 6.07) is 0.372. The molecule has 0 atom stereocenters. The Morgan fingerprint density at radius 2 is 1.88 bits per heavy atom. The standard InChI is InChI=1S/C11H22N2O2S/c1-3-13(4-2)11(14)9-12-10-5-7-16(15)8-6-10/h10,12H,3-9H2,1-2H3. The van der Waals surface area contributed by atoms with Crippen molar-refractivity contribution in [3.63, 3.8) is 0 Å². The van der Waals surface area contributed by atoms with E-state index in [4.69, 9.17) is 0 Å². The second kappa shape index (κ2) is 7.01. The summed E-state index contributed by atoms with van der Waals surface area (Å²) in [5.74, 6) is 1.71. The van der Waals surface area contributed by atoms with Gasteiger partial charge in [0.25, 0.3) is 0 Å². The first-order valence-corrected chi connectivity index (χ1v) is 7.52. The van der Waals surface area contributed by atoms with Crippen molar-refractivity contribution in [1.82, 2.24) is 10.2 Å². The third kappa shape index (κ3) is 4.22. The van der Waals surface area contributed by atoms with Gasteiger partial charge in [-0.3, -0.25) is 9.00 Å². The fraction of sp³-hybridized carbons (Fsp3) is 0.909. The number of rotatable bonds is 5. The highest BCUT2D eigenvalue weighted by Crippen LogP contribution is 2.08. The average molecular weight is 246 g/mol. The number of nitrogens with one attached hydrogen (secondary N) is 1. The van der Waals surface area contributed by atoms with Crippen LogP contribution < -0.4 is 5.32 Å². The minimum atomic E-state index is -0.623. The number of amides is 1. The average Bonchev–Trinajstić information content (AvgIpc) is 2.30. The van der Waals surface area contributed by atoms with Crippen molar-refractivity contribution in [2.75, 3.05) is 31.1 Å². The molecule has 0 bridgehead atoms. The zero-order chi connectivity index (χ0) is 12.0. The number of hydrogen-bond acceptors (Lipinski definition) is 3. The molecule has 94 valence electrons. The van der Waals surface area contributed by atoms with Gasteiger partial charge >= 0.3 is 0 Å². The van der Waals surface area contributed by atoms with Crippen LogP contribution in [0.2, 0.25) is 0 Å². The molecule has 4 nitrogen and oxygen atoms in total. The second-order valence-electron chi connectivity index (χ2n) is 4.07. The minimum absolute atomic E-state index is 0.164. The quantitative estimate of drug-likeness (QED) is 0.762. The van der Waals surface area contributed by atoms with E-state index < -0.39 is 10.8 Å². The van der Waals surface area contributed by atoms with Gasteiger partial charge in [0.15, 0.2) is 0 Å². The molecule has 1 rings (SSSR count). The van der Waals surface area contributed by atoms with Crippen molar-refractivity contribution in [3.8, 4) is 0 Å². The van der Waals surface area contributed by atoms with E-state index in [9.17, 15) is 9.00 Å². The van der Waals surface area contributed by atoms with Crippen LogP contribution in [-0.2, 0) is 15.6 Å². The summed E-state index contributed by atoms with van der Waals surface area (Å²) in [4.78, 5) is 13.5. The molecule has 0 aromatic rings. The van der Waals surface area contributed by atoms with E-state index in [0.717, 1.165) is 37.4 Å². The molecule has 1 aliphatic heterocycles. The third-order valence-corrected chi connectivity index (χ3v) is 4.43. The highest BCUT2D eigenvalue weighted by molar-refractivity contribution is 7.85. The van der Waals surface area contributed by atoms with Gasteiger partial charge in [0, 0.05) is 41.4 Å². The second-order valence-corrected chi connectivity index (χ2v) is 5.77. The zero-order valence-corrected chi connectivity index (χ0v) is 11.0. The Bertz CT molecular complexity index is 244. The predicted molar refractivity (Wildman–Crippen MR) is 66.8 cm³/mol. The molecule has 1 aliphatic rings. The molecule has 1 saturated heterocycles. The molecule has 0 radical (unpaired) electrons. The van der Waals surface area contributed by atoms with E-state index in [1.165, 1.54) is 0 Å². The summed E-state index contributed by atoms with van der Waals surface area (Å²) in [6.07, 6.45) is 1.86. The van der Waals surface area contributed by atoms with Crippen LogP contribution >= 0.6 is 0 Å². The van der Waals surface area contributed by atoms with E-state index in [1.54, 1.807) is 0 Å². The third-order valence-electron chi connectivity index (χ3n) is 3.05. The van der Waals surface area contributed by atoms with Crippen LogP contribution in [0.25, 0.3) is 0 Å². The fourth-order valence-corrected chi connectivity index (χ4v) is 3.22. The summed E-state index contributed by atoms with van der Waals surface area (Å²) < 4.78 is 11.2. The van der Waals surface area contributed by atoms with E-state index in [-0.39, 0.29) is 5.91 Å². The molecule has 1 amide bonds. The first-order chi connectivity index (χ1) is 7.67. The summed E-state index contributed by atoms with van der Waals surface area (Å²) in [7, 11) is -0.623. The molecular weight excluding hydrogens is 224 g/mol. The summed E-state index contributed by atoms with van der Waals surface area (Å²) >= 11 is 0. The lowest BCUT2D eigenvalue weighted by Crippen LogP contribution is -2.43. The lowest BCUT2D eigenvalue weighted by molar-refractivity contribution is -0.130. The Balaban J connectivity index is 2.23. The molecule has 0 unspecified atom stereocenters. The van der Waals surface area contributed by atoms with E-state index in [0.29, 0.717) is 12.6 Å². The Morgan fingerprint density at radius 1 is 1.31 bits per heavy atom. The molecule has 0 aromatic heterocycles. The van der Waals surface area contributed by atoms with Crippen LogP contribution in [0, 0.1) is 0 Å². The fourth-order valence-electron chi connectivity index (χ4n) is 1.92. The molecule has 1 fully saturated rings. The number of nitrogens with zero attached hydrogens (tertiary/aromatic N) is 1. The first-order valence-electron chi connectivity index (χ1n) is 6.03. The van der Waals surface area contributed by atoms with Crippen molar-refractivity contribution in [3.05, 3.63) is 0 Å². The summed E-state index contributed by atoms with van der Waals surface area (Å²) in [5, 5.41) is 3.27. The van der Waals surface area contributed by atoms with Crippen molar-refractivity contribution in [2.24, 2.45) is 0 Å². The van der Waals surface area contributed by atoms with Crippen molar-refractivity contribution in [2.45, 2.75) is 32.7 Å². The molecule has 1 heterocycles. The van der Waals surface area contributed by atoms with Crippen LogP contribution in [0.1, 0.15) is 26.7 Å². The molecule has 0 saturated carbocycles. The van der Waals surface area contributed by atoms with E-state index in [1.807, 2.05) is 18.7 Å². The van der Waals surface area contributed by atoms with Crippen LogP contribution in [0.4, 0.5) is 0 Å². The largest absolute Gasteiger partial charge is 0.342 e. The maximum absolute atomic E-state index is 11.7. The molecule has 0 spiro atoms. The molecule has 1 N–H and O–H groups in total. The monoisotopic (exact) mass is 246 g/mol. The Morgan fingerprint density at radius 3 is 2.38 bits per heavy atom. The maximum Gasteiger partial charge on any atom is 0.236 e. The van der Waals surface area contributed by atoms with Crippen molar-refractivity contribution in [1.29, 1.82) is 0 Å². The molecule has 0 aliphatic carbocycles. The van der Waals surface area contributed by atoms with Gasteiger partial charge in [0.2, 0.25) is 5.91 Å². The Hall–Kier alpha value is -0.420. The van der Waals surface area contributed by atoms with Gasteiger partial charge in [-0.2, -0.15) is 0 Å². The number of carbonyl (C=O) groups is 1. The molecule has 5 heteroatoms. The lowest BCUT2D eigenvalue weighted by Gasteiger charge is -2.24. The Labute approximate surface area is 100 Å². The minimum Gasteiger partial charge on any atom is -0.342 e. The molecule has 16 heavy (non-hydrogen) atoms. The van der Waals surface area contributed by atoms with Crippen LogP contribution in [0.3, 0.4) is 0 Å². The normalized spacial score (nSPS) is 25.4. The summed E-state index contributed by atoms with van der Waals surface area (Å²) in [5.41, 5.74) is 0.